The second-order valence-corrected chi connectivity index (χ2v) is 4.43. The van der Waals surface area contributed by atoms with Crippen molar-refractivity contribution < 1.29 is 4.79 Å². The molecule has 4 N–H and O–H groups in total. The van der Waals surface area contributed by atoms with Gasteiger partial charge in [-0.3, -0.25) is 9.89 Å². The van der Waals surface area contributed by atoms with Crippen LogP contribution in [-0.4, -0.2) is 16.1 Å². The van der Waals surface area contributed by atoms with Gasteiger partial charge < -0.3 is 11.1 Å². The molecular formula is C13H16N4O. The van der Waals surface area contributed by atoms with Gasteiger partial charge in [0.25, 0.3) is 5.91 Å². The third kappa shape index (κ3) is 2.51. The van der Waals surface area contributed by atoms with Crippen molar-refractivity contribution in [2.75, 3.05) is 11.1 Å². The fourth-order valence-corrected chi connectivity index (χ4v) is 1.60. The first kappa shape index (κ1) is 12.2. The molecule has 1 aromatic heterocycles. The van der Waals surface area contributed by atoms with Gasteiger partial charge in [0.2, 0.25) is 0 Å². The van der Waals surface area contributed by atoms with Crippen molar-refractivity contribution in [3.63, 3.8) is 0 Å². The summed E-state index contributed by atoms with van der Waals surface area (Å²) in [4.78, 5) is 11.9. The average Bonchev–Trinajstić information content (AvgIpc) is 2.75. The van der Waals surface area contributed by atoms with Gasteiger partial charge in [-0.15, -0.1) is 0 Å². The summed E-state index contributed by atoms with van der Waals surface area (Å²) >= 11 is 0. The number of nitrogens with two attached hydrogens (primary N) is 1. The van der Waals surface area contributed by atoms with Crippen molar-refractivity contribution in [1.82, 2.24) is 10.2 Å². The van der Waals surface area contributed by atoms with E-state index >= 15 is 0 Å². The number of H-pyrrole nitrogens is 1. The summed E-state index contributed by atoms with van der Waals surface area (Å²) in [6.07, 6.45) is 1.46. The zero-order valence-electron chi connectivity index (χ0n) is 10.4. The van der Waals surface area contributed by atoms with Gasteiger partial charge in [0.15, 0.2) is 5.82 Å². The lowest BCUT2D eigenvalue weighted by Crippen LogP contribution is -2.13. The molecule has 0 saturated heterocycles. The summed E-state index contributed by atoms with van der Waals surface area (Å²) in [5, 5.41) is 9.04. The molecule has 0 aliphatic rings. The minimum absolute atomic E-state index is 0.207. The second-order valence-electron chi connectivity index (χ2n) is 4.43. The lowest BCUT2D eigenvalue weighted by atomic mass is 10.0. The van der Waals surface area contributed by atoms with Gasteiger partial charge in [0.05, 0.1) is 11.9 Å². The van der Waals surface area contributed by atoms with Crippen LogP contribution in [0.3, 0.4) is 0 Å². The van der Waals surface area contributed by atoms with Crippen LogP contribution in [0.5, 0.6) is 0 Å². The van der Waals surface area contributed by atoms with Gasteiger partial charge in [-0.05, 0) is 23.6 Å². The largest absolute Gasteiger partial charge is 0.394 e. The summed E-state index contributed by atoms with van der Waals surface area (Å²) in [6, 6.07) is 7.51. The quantitative estimate of drug-likeness (QED) is 0.775. The number of aromatic nitrogens is 2. The first-order valence-corrected chi connectivity index (χ1v) is 5.78. The molecule has 0 aliphatic heterocycles. The van der Waals surface area contributed by atoms with Crippen LogP contribution in [0.2, 0.25) is 0 Å². The number of hydrogen-bond acceptors (Lipinski definition) is 3. The minimum atomic E-state index is -0.207. The molecule has 1 amide bonds. The fraction of sp³-hybridized carbons (Fsp3) is 0.231. The molecule has 2 rings (SSSR count). The summed E-state index contributed by atoms with van der Waals surface area (Å²) in [7, 11) is 0. The van der Waals surface area contributed by atoms with Gasteiger partial charge in [0, 0.05) is 5.56 Å². The molecule has 0 aliphatic carbocycles. The Morgan fingerprint density at radius 2 is 2.00 bits per heavy atom. The van der Waals surface area contributed by atoms with E-state index < -0.39 is 0 Å². The second kappa shape index (κ2) is 4.91. The topological polar surface area (TPSA) is 83.8 Å². The van der Waals surface area contributed by atoms with E-state index in [2.05, 4.69) is 29.4 Å². The number of carbonyl (C=O) groups is 1. The molecule has 0 atom stereocenters. The van der Waals surface area contributed by atoms with Crippen molar-refractivity contribution in [3.05, 3.63) is 41.6 Å². The molecular weight excluding hydrogens is 228 g/mol. The monoisotopic (exact) mass is 244 g/mol. The van der Waals surface area contributed by atoms with Crippen LogP contribution in [-0.2, 0) is 0 Å². The molecule has 1 aromatic carbocycles. The van der Waals surface area contributed by atoms with E-state index in [1.54, 1.807) is 12.1 Å². The Bertz CT molecular complexity index is 542. The Labute approximate surface area is 105 Å². The molecule has 0 radical (unpaired) electrons. The van der Waals surface area contributed by atoms with E-state index in [-0.39, 0.29) is 5.91 Å². The molecule has 1 heterocycles. The molecule has 0 saturated carbocycles. The number of anilines is 2. The van der Waals surface area contributed by atoms with Crippen molar-refractivity contribution in [1.29, 1.82) is 0 Å². The van der Waals surface area contributed by atoms with E-state index in [1.165, 1.54) is 11.8 Å². The zero-order valence-corrected chi connectivity index (χ0v) is 10.4. The number of nitrogens with one attached hydrogen (secondary N) is 2. The van der Waals surface area contributed by atoms with Gasteiger partial charge in [-0.25, -0.2) is 0 Å². The van der Waals surface area contributed by atoms with Crippen LogP contribution in [0, 0.1) is 0 Å². The highest BCUT2D eigenvalue weighted by Gasteiger charge is 2.09. The average molecular weight is 244 g/mol. The first-order valence-electron chi connectivity index (χ1n) is 5.78. The van der Waals surface area contributed by atoms with Crippen LogP contribution in [0.1, 0.15) is 35.7 Å². The number of carbonyl (C=O) groups excluding carboxylic acids is 1. The molecule has 2 aromatic rings. The van der Waals surface area contributed by atoms with Crippen LogP contribution >= 0.6 is 0 Å². The van der Waals surface area contributed by atoms with Gasteiger partial charge in [-0.1, -0.05) is 26.0 Å². The van der Waals surface area contributed by atoms with E-state index in [0.29, 0.717) is 23.0 Å². The van der Waals surface area contributed by atoms with Crippen LogP contribution in [0.15, 0.2) is 30.5 Å². The van der Waals surface area contributed by atoms with Crippen molar-refractivity contribution in [3.8, 4) is 0 Å². The van der Waals surface area contributed by atoms with Crippen LogP contribution in [0.4, 0.5) is 11.5 Å². The van der Waals surface area contributed by atoms with Crippen LogP contribution in [0.25, 0.3) is 0 Å². The Balaban J connectivity index is 2.12. The smallest absolute Gasteiger partial charge is 0.256 e. The maximum Gasteiger partial charge on any atom is 0.256 e. The van der Waals surface area contributed by atoms with Crippen LogP contribution < -0.4 is 11.1 Å². The zero-order chi connectivity index (χ0) is 13.1. The Hall–Kier alpha value is -2.30. The summed E-state index contributed by atoms with van der Waals surface area (Å²) < 4.78 is 0. The summed E-state index contributed by atoms with van der Waals surface area (Å²) in [6.45, 7) is 4.22. The van der Waals surface area contributed by atoms with E-state index in [0.717, 1.165) is 0 Å². The number of hydrogen-bond donors (Lipinski definition) is 3. The van der Waals surface area contributed by atoms with Gasteiger partial charge in [-0.2, -0.15) is 5.10 Å². The van der Waals surface area contributed by atoms with E-state index in [9.17, 15) is 4.79 Å². The molecule has 0 fully saturated rings. The minimum Gasteiger partial charge on any atom is -0.394 e. The number of rotatable bonds is 3. The maximum atomic E-state index is 11.9. The van der Waals surface area contributed by atoms with Crippen molar-refractivity contribution in [2.24, 2.45) is 0 Å². The van der Waals surface area contributed by atoms with Crippen molar-refractivity contribution in [2.45, 2.75) is 19.8 Å². The number of nitrogens with zero attached hydrogens (tertiary/aromatic N) is 1. The normalized spacial score (nSPS) is 10.6. The standard InChI is InChI=1S/C13H16N4O/c1-8(2)9-3-5-10(6-4-9)13(18)16-12-11(14)7-15-17-12/h3-8H,14H2,1-2H3,(H2,15,16,17,18). The number of amides is 1. The molecule has 5 heteroatoms. The molecule has 0 bridgehead atoms. The summed E-state index contributed by atoms with van der Waals surface area (Å²) in [5.74, 6) is 0.666. The predicted molar refractivity (Wildman–Crippen MR) is 71.5 cm³/mol. The highest BCUT2D eigenvalue weighted by atomic mass is 16.1. The number of nitrogen functional groups attached to an aromatic ring is 1. The Kier molecular flexibility index (Phi) is 3.32. The van der Waals surface area contributed by atoms with Gasteiger partial charge in [0.1, 0.15) is 0 Å². The van der Waals surface area contributed by atoms with Crippen molar-refractivity contribution >= 4 is 17.4 Å². The third-order valence-corrected chi connectivity index (χ3v) is 2.75. The molecule has 0 unspecified atom stereocenters. The number of aromatic amines is 1. The lowest BCUT2D eigenvalue weighted by molar-refractivity contribution is 0.102. The fourth-order valence-electron chi connectivity index (χ4n) is 1.60. The molecule has 0 spiro atoms. The highest BCUT2D eigenvalue weighted by Crippen LogP contribution is 2.17. The van der Waals surface area contributed by atoms with Gasteiger partial charge >= 0.3 is 0 Å². The molecule has 18 heavy (non-hydrogen) atoms. The highest BCUT2D eigenvalue weighted by molar-refractivity contribution is 6.05. The SMILES string of the molecule is CC(C)c1ccc(C(=O)Nc2[nH]ncc2N)cc1. The third-order valence-electron chi connectivity index (χ3n) is 2.75. The maximum absolute atomic E-state index is 11.9. The number of benzene rings is 1. The first-order chi connectivity index (χ1) is 8.58. The molecule has 94 valence electrons. The lowest BCUT2D eigenvalue weighted by Gasteiger charge is -2.07. The molecule has 5 nitrogen and oxygen atoms in total. The Morgan fingerprint density at radius 1 is 1.33 bits per heavy atom. The predicted octanol–water partition coefficient (Wildman–Crippen LogP) is 2.37. The Morgan fingerprint density at radius 3 is 2.50 bits per heavy atom. The summed E-state index contributed by atoms with van der Waals surface area (Å²) in [5.41, 5.74) is 7.83. The van der Waals surface area contributed by atoms with E-state index in [1.807, 2.05) is 12.1 Å². The van der Waals surface area contributed by atoms with E-state index in [4.69, 9.17) is 5.73 Å².